The van der Waals surface area contributed by atoms with E-state index in [4.69, 9.17) is 9.39 Å². The van der Waals surface area contributed by atoms with Crippen molar-refractivity contribution in [1.29, 1.82) is 0 Å². The van der Waals surface area contributed by atoms with E-state index >= 15 is 0 Å². The molecule has 0 aromatic carbocycles. The van der Waals surface area contributed by atoms with Gasteiger partial charge in [0.15, 0.2) is 6.20 Å². The van der Waals surface area contributed by atoms with Crippen molar-refractivity contribution in [3.8, 4) is 0 Å². The molecule has 0 bridgehead atoms. The number of rotatable bonds is 6. The molecule has 0 radical (unpaired) electrons. The number of hydrogen-bond donors (Lipinski definition) is 1. The van der Waals surface area contributed by atoms with E-state index < -0.39 is 10.4 Å². The molecule has 0 saturated heterocycles. The van der Waals surface area contributed by atoms with Crippen LogP contribution in [-0.2, 0) is 21.1 Å². The summed E-state index contributed by atoms with van der Waals surface area (Å²) in [4.78, 5) is 5.12. The highest BCUT2D eigenvalue weighted by atomic mass is 32.3. The molecule has 8 heteroatoms. The first-order valence-corrected chi connectivity index (χ1v) is 5.70. The summed E-state index contributed by atoms with van der Waals surface area (Å²) in [5.41, 5.74) is 0. The van der Waals surface area contributed by atoms with Gasteiger partial charge in [0.2, 0.25) is 0 Å². The first-order chi connectivity index (χ1) is 7.01. The van der Waals surface area contributed by atoms with Gasteiger partial charge in [-0.2, -0.15) is 8.42 Å². The van der Waals surface area contributed by atoms with Crippen molar-refractivity contribution >= 4 is 10.4 Å². The highest BCUT2D eigenvalue weighted by Crippen LogP contribution is 1.86. The number of hydrogen-bond acceptors (Lipinski definition) is 4. The highest BCUT2D eigenvalue weighted by Gasteiger charge is 2.07. The average Bonchev–Trinajstić information content (AvgIpc) is 2.51. The minimum absolute atomic E-state index is 0.125. The summed E-state index contributed by atoms with van der Waals surface area (Å²) >= 11 is 0. The molecular formula is C7H13N2O5S+. The summed E-state index contributed by atoms with van der Waals surface area (Å²) < 4.78 is 36.1. The van der Waals surface area contributed by atoms with E-state index in [1.807, 2.05) is 6.92 Å². The third-order valence-corrected chi connectivity index (χ3v) is 1.99. The molecule has 7 nitrogen and oxygen atoms in total. The predicted octanol–water partition coefficient (Wildman–Crippen LogP) is -0.956. The molecule has 0 saturated carbocycles. The van der Waals surface area contributed by atoms with Crippen LogP contribution in [0.2, 0.25) is 0 Å². The van der Waals surface area contributed by atoms with Crippen LogP contribution >= 0.6 is 0 Å². The van der Waals surface area contributed by atoms with E-state index in [0.29, 0.717) is 13.2 Å². The van der Waals surface area contributed by atoms with Crippen molar-refractivity contribution in [2.24, 2.45) is 0 Å². The molecule has 0 aliphatic carbocycles. The van der Waals surface area contributed by atoms with Crippen LogP contribution in [0.5, 0.6) is 0 Å². The summed E-state index contributed by atoms with van der Waals surface area (Å²) in [6.07, 6.45) is 5.01. The smallest absolute Gasteiger partial charge is 0.336 e. The van der Waals surface area contributed by atoms with E-state index in [1.165, 1.54) is 4.73 Å². The molecule has 1 heterocycles. The normalized spacial score (nSPS) is 11.6. The second-order valence-electron chi connectivity index (χ2n) is 2.68. The second kappa shape index (κ2) is 5.10. The van der Waals surface area contributed by atoms with Gasteiger partial charge in [0, 0.05) is 0 Å². The van der Waals surface area contributed by atoms with Gasteiger partial charge < -0.3 is 4.84 Å². The van der Waals surface area contributed by atoms with E-state index in [1.54, 1.807) is 23.3 Å². The van der Waals surface area contributed by atoms with Crippen LogP contribution in [0.3, 0.4) is 0 Å². The Morgan fingerprint density at radius 3 is 2.87 bits per heavy atom. The number of imidazole rings is 1. The average molecular weight is 237 g/mol. The summed E-state index contributed by atoms with van der Waals surface area (Å²) in [7, 11) is -4.35. The monoisotopic (exact) mass is 237 g/mol. The minimum Gasteiger partial charge on any atom is -0.336 e. The fraction of sp³-hybridized carbons (Fsp3) is 0.571. The number of aromatic nitrogens is 2. The van der Waals surface area contributed by atoms with Crippen LogP contribution in [0, 0.1) is 0 Å². The van der Waals surface area contributed by atoms with Crippen LogP contribution in [0.4, 0.5) is 0 Å². The van der Waals surface area contributed by atoms with Crippen LogP contribution in [0.1, 0.15) is 6.92 Å². The molecule has 1 N–H and O–H groups in total. The van der Waals surface area contributed by atoms with Crippen LogP contribution in [0.15, 0.2) is 18.7 Å². The molecule has 15 heavy (non-hydrogen) atoms. The van der Waals surface area contributed by atoms with E-state index in [0.717, 1.165) is 0 Å². The fourth-order valence-corrected chi connectivity index (χ4v) is 1.27. The van der Waals surface area contributed by atoms with Crippen molar-refractivity contribution in [2.45, 2.75) is 13.5 Å². The largest absolute Gasteiger partial charge is 0.397 e. The summed E-state index contributed by atoms with van der Waals surface area (Å²) in [6, 6.07) is 0. The van der Waals surface area contributed by atoms with Gasteiger partial charge in [-0.25, -0.2) is 8.75 Å². The van der Waals surface area contributed by atoms with E-state index in [2.05, 4.69) is 4.18 Å². The molecule has 0 spiro atoms. The molecule has 0 fully saturated rings. The molecule has 86 valence electrons. The van der Waals surface area contributed by atoms with Crippen LogP contribution < -0.4 is 9.40 Å². The van der Waals surface area contributed by atoms with Crippen LogP contribution in [-0.4, -0.2) is 30.9 Å². The van der Waals surface area contributed by atoms with Gasteiger partial charge in [-0.1, -0.05) is 4.73 Å². The molecular weight excluding hydrogens is 224 g/mol. The number of nitrogens with zero attached hydrogens (tertiary/aromatic N) is 2. The molecule has 0 aliphatic heterocycles. The van der Waals surface area contributed by atoms with E-state index in [9.17, 15) is 8.42 Å². The Hall–Kier alpha value is -1.12. The lowest BCUT2D eigenvalue weighted by Crippen LogP contribution is -2.34. The molecule has 0 amide bonds. The first kappa shape index (κ1) is 12.0. The lowest BCUT2D eigenvalue weighted by atomic mass is 10.7. The zero-order chi connectivity index (χ0) is 11.3. The second-order valence-corrected chi connectivity index (χ2v) is 3.77. The predicted molar refractivity (Wildman–Crippen MR) is 49.2 cm³/mol. The maximum atomic E-state index is 10.2. The Balaban J connectivity index is 2.38. The van der Waals surface area contributed by atoms with Gasteiger partial charge in [-0.15, -0.1) is 0 Å². The molecule has 1 rings (SSSR count). The van der Waals surface area contributed by atoms with Gasteiger partial charge >= 0.3 is 10.4 Å². The van der Waals surface area contributed by atoms with Crippen molar-refractivity contribution in [3.63, 3.8) is 0 Å². The van der Waals surface area contributed by atoms with E-state index in [-0.39, 0.29) is 6.61 Å². The Bertz CT molecular complexity index is 399. The van der Waals surface area contributed by atoms with Gasteiger partial charge in [0.05, 0.1) is 0 Å². The Labute approximate surface area is 87.8 Å². The Kier molecular flexibility index (Phi) is 4.06. The molecule has 0 atom stereocenters. The summed E-state index contributed by atoms with van der Waals surface area (Å²) in [5, 5.41) is 0. The zero-order valence-corrected chi connectivity index (χ0v) is 9.05. The maximum absolute atomic E-state index is 10.2. The molecule has 0 unspecified atom stereocenters. The maximum Gasteiger partial charge on any atom is 0.397 e. The third-order valence-electron chi connectivity index (χ3n) is 1.53. The molecule has 0 aliphatic rings. The van der Waals surface area contributed by atoms with Gasteiger partial charge in [-0.3, -0.25) is 4.55 Å². The quantitative estimate of drug-likeness (QED) is 0.509. The summed E-state index contributed by atoms with van der Waals surface area (Å²) in [6.45, 7) is 2.57. The Morgan fingerprint density at radius 2 is 2.27 bits per heavy atom. The van der Waals surface area contributed by atoms with Crippen molar-refractivity contribution in [2.75, 3.05) is 13.2 Å². The topological polar surface area (TPSA) is 81.6 Å². The first-order valence-electron chi connectivity index (χ1n) is 4.33. The zero-order valence-electron chi connectivity index (χ0n) is 8.24. The fourth-order valence-electron chi connectivity index (χ4n) is 0.980. The summed E-state index contributed by atoms with van der Waals surface area (Å²) in [5.74, 6) is 0. The lowest BCUT2D eigenvalue weighted by Gasteiger charge is -1.96. The lowest BCUT2D eigenvalue weighted by molar-refractivity contribution is -0.698. The van der Waals surface area contributed by atoms with Gasteiger partial charge in [-0.05, 0) is 6.92 Å². The highest BCUT2D eigenvalue weighted by molar-refractivity contribution is 7.80. The Morgan fingerprint density at radius 1 is 1.53 bits per heavy atom. The van der Waals surface area contributed by atoms with Crippen molar-refractivity contribution < 1.29 is 26.6 Å². The van der Waals surface area contributed by atoms with Crippen molar-refractivity contribution in [3.05, 3.63) is 18.7 Å². The van der Waals surface area contributed by atoms with Gasteiger partial charge in [0.25, 0.3) is 6.33 Å². The molecule has 1 aromatic rings. The third kappa shape index (κ3) is 4.77. The SMILES string of the molecule is CCOn1cc[n+](CCOS(=O)(=O)O)c1. The molecule has 1 aromatic heterocycles. The van der Waals surface area contributed by atoms with Crippen molar-refractivity contribution in [1.82, 2.24) is 4.73 Å². The standard InChI is InChI=1S/C7H12N2O5S/c1-2-13-9-4-3-8(7-9)5-6-14-15(10,11)12/h3-4,7H,2,5-6H2,1H3/p+1. The van der Waals surface area contributed by atoms with Gasteiger partial charge in [0.1, 0.15) is 26.0 Å². The van der Waals surface area contributed by atoms with Crippen LogP contribution in [0.25, 0.3) is 0 Å². The minimum atomic E-state index is -4.35.